The van der Waals surface area contributed by atoms with Crippen LogP contribution in [0.15, 0.2) is 23.2 Å². The van der Waals surface area contributed by atoms with Crippen LogP contribution in [0.1, 0.15) is 44.7 Å². The summed E-state index contributed by atoms with van der Waals surface area (Å²) in [6.07, 6.45) is 4.40. The van der Waals surface area contributed by atoms with Gasteiger partial charge in [0.25, 0.3) is 0 Å². The maximum absolute atomic E-state index is 5.59. The van der Waals surface area contributed by atoms with Gasteiger partial charge < -0.3 is 20.3 Å². The number of guanidine groups is 1. The number of ether oxygens (including phenoxy) is 1. The first-order valence-corrected chi connectivity index (χ1v) is 10.7. The molecule has 0 unspecified atom stereocenters. The predicted molar refractivity (Wildman–Crippen MR) is 128 cm³/mol. The number of hydrogen-bond donors (Lipinski definition) is 2. The van der Waals surface area contributed by atoms with Gasteiger partial charge in [-0.3, -0.25) is 4.99 Å². The largest absolute Gasteiger partial charge is 0.493 e. The number of aliphatic imine (C=N–C) groups is 1. The van der Waals surface area contributed by atoms with Gasteiger partial charge in [-0.25, -0.2) is 0 Å². The third-order valence-electron chi connectivity index (χ3n) is 5.32. The van der Waals surface area contributed by atoms with Crippen LogP contribution in [0.3, 0.4) is 0 Å². The van der Waals surface area contributed by atoms with Crippen molar-refractivity contribution in [2.24, 2.45) is 10.9 Å². The van der Waals surface area contributed by atoms with Crippen molar-refractivity contribution in [2.45, 2.75) is 52.5 Å². The SMILES string of the molecule is CCNC(=NCCc1ccc2c(c1)CCO2)NC1CCN(CC(C)C)CC1.I. The third-order valence-corrected chi connectivity index (χ3v) is 5.32. The van der Waals surface area contributed by atoms with Crippen LogP contribution < -0.4 is 15.4 Å². The van der Waals surface area contributed by atoms with Crippen molar-refractivity contribution in [3.05, 3.63) is 29.3 Å². The average molecular weight is 500 g/mol. The number of hydrogen-bond acceptors (Lipinski definition) is 3. The molecule has 0 saturated carbocycles. The van der Waals surface area contributed by atoms with Crippen molar-refractivity contribution in [3.63, 3.8) is 0 Å². The highest BCUT2D eigenvalue weighted by atomic mass is 127. The third kappa shape index (κ3) is 7.10. The lowest BCUT2D eigenvalue weighted by molar-refractivity contribution is 0.187. The number of benzene rings is 1. The van der Waals surface area contributed by atoms with Gasteiger partial charge in [-0.15, -0.1) is 24.0 Å². The van der Waals surface area contributed by atoms with Crippen LogP contribution in [0, 0.1) is 5.92 Å². The fourth-order valence-corrected chi connectivity index (χ4v) is 3.98. The van der Waals surface area contributed by atoms with Crippen molar-refractivity contribution in [1.82, 2.24) is 15.5 Å². The molecule has 6 heteroatoms. The molecule has 2 aliphatic heterocycles. The molecule has 5 nitrogen and oxygen atoms in total. The Bertz CT molecular complexity index is 627. The van der Waals surface area contributed by atoms with Gasteiger partial charge in [0.05, 0.1) is 6.61 Å². The Balaban J connectivity index is 0.00000280. The molecular weight excluding hydrogens is 463 g/mol. The van der Waals surface area contributed by atoms with Gasteiger partial charge in [0.15, 0.2) is 5.96 Å². The van der Waals surface area contributed by atoms with Crippen LogP contribution in [0.4, 0.5) is 0 Å². The standard InChI is InChI=1S/C22H36N4O.HI/c1-4-23-22(25-20-8-12-26(13-9-20)16-17(2)3)24-11-7-18-5-6-21-19(15-18)10-14-27-21;/h5-6,15,17,20H,4,7-14,16H2,1-3H3,(H2,23,24,25);1H. The fraction of sp³-hybridized carbons (Fsp3) is 0.682. The van der Waals surface area contributed by atoms with E-state index in [-0.39, 0.29) is 24.0 Å². The second kappa shape index (κ2) is 11.9. The van der Waals surface area contributed by atoms with Gasteiger partial charge in [-0.2, -0.15) is 0 Å². The van der Waals surface area contributed by atoms with Crippen LogP contribution in [-0.2, 0) is 12.8 Å². The number of rotatable bonds is 7. The minimum absolute atomic E-state index is 0. The Morgan fingerprint density at radius 3 is 2.79 bits per heavy atom. The first-order valence-electron chi connectivity index (χ1n) is 10.7. The normalized spacial score (nSPS) is 17.8. The molecule has 0 aromatic heterocycles. The molecule has 3 rings (SSSR count). The Morgan fingerprint density at radius 1 is 1.29 bits per heavy atom. The topological polar surface area (TPSA) is 48.9 Å². The van der Waals surface area contributed by atoms with E-state index >= 15 is 0 Å². The summed E-state index contributed by atoms with van der Waals surface area (Å²) in [6, 6.07) is 7.09. The van der Waals surface area contributed by atoms with Crippen molar-refractivity contribution in [2.75, 3.05) is 39.3 Å². The second-order valence-electron chi connectivity index (χ2n) is 8.16. The zero-order valence-corrected chi connectivity index (χ0v) is 20.0. The van der Waals surface area contributed by atoms with E-state index in [2.05, 4.69) is 54.5 Å². The van der Waals surface area contributed by atoms with E-state index in [9.17, 15) is 0 Å². The van der Waals surface area contributed by atoms with Crippen LogP contribution in [0.2, 0.25) is 0 Å². The smallest absolute Gasteiger partial charge is 0.191 e. The van der Waals surface area contributed by atoms with E-state index in [1.165, 1.54) is 43.6 Å². The molecule has 158 valence electrons. The fourth-order valence-electron chi connectivity index (χ4n) is 3.98. The predicted octanol–water partition coefficient (Wildman–Crippen LogP) is 3.46. The Hall–Kier alpha value is -1.02. The Morgan fingerprint density at radius 2 is 2.07 bits per heavy atom. The summed E-state index contributed by atoms with van der Waals surface area (Å²) in [5, 5.41) is 7.06. The minimum atomic E-state index is 0. The number of piperidine rings is 1. The molecule has 0 aliphatic carbocycles. The van der Waals surface area contributed by atoms with E-state index in [0.29, 0.717) is 6.04 Å². The lowest BCUT2D eigenvalue weighted by Gasteiger charge is -2.34. The molecule has 2 N–H and O–H groups in total. The molecule has 2 heterocycles. The Kier molecular flexibility index (Phi) is 9.85. The van der Waals surface area contributed by atoms with E-state index in [4.69, 9.17) is 9.73 Å². The van der Waals surface area contributed by atoms with Gasteiger partial charge in [0.2, 0.25) is 0 Å². The molecule has 0 spiro atoms. The molecule has 1 aromatic carbocycles. The molecule has 0 atom stereocenters. The summed E-state index contributed by atoms with van der Waals surface area (Å²) >= 11 is 0. The average Bonchev–Trinajstić information content (AvgIpc) is 3.11. The maximum Gasteiger partial charge on any atom is 0.191 e. The van der Waals surface area contributed by atoms with Crippen LogP contribution in [0.25, 0.3) is 0 Å². The molecule has 28 heavy (non-hydrogen) atoms. The molecule has 2 aliphatic rings. The Labute approximate surface area is 187 Å². The second-order valence-corrected chi connectivity index (χ2v) is 8.16. The van der Waals surface area contributed by atoms with Gasteiger partial charge >= 0.3 is 0 Å². The molecule has 0 bridgehead atoms. The van der Waals surface area contributed by atoms with Crippen molar-refractivity contribution in [1.29, 1.82) is 0 Å². The monoisotopic (exact) mass is 500 g/mol. The van der Waals surface area contributed by atoms with Crippen LogP contribution in [-0.4, -0.2) is 56.2 Å². The van der Waals surface area contributed by atoms with Crippen LogP contribution >= 0.6 is 24.0 Å². The first kappa shape index (κ1) is 23.3. The zero-order valence-electron chi connectivity index (χ0n) is 17.7. The molecule has 1 aromatic rings. The van der Waals surface area contributed by atoms with Gasteiger partial charge in [0, 0.05) is 45.2 Å². The minimum Gasteiger partial charge on any atom is -0.493 e. The molecule has 0 radical (unpaired) electrons. The van der Waals surface area contributed by atoms with E-state index in [1.54, 1.807) is 0 Å². The van der Waals surface area contributed by atoms with Gasteiger partial charge in [-0.05, 0) is 49.3 Å². The number of halogens is 1. The maximum atomic E-state index is 5.59. The summed E-state index contributed by atoms with van der Waals surface area (Å²) in [7, 11) is 0. The summed E-state index contributed by atoms with van der Waals surface area (Å²) in [4.78, 5) is 7.40. The first-order chi connectivity index (χ1) is 13.1. The van der Waals surface area contributed by atoms with E-state index in [1.807, 2.05) is 0 Å². The lowest BCUT2D eigenvalue weighted by Crippen LogP contribution is -2.49. The van der Waals surface area contributed by atoms with Gasteiger partial charge in [-0.1, -0.05) is 26.0 Å². The van der Waals surface area contributed by atoms with Crippen molar-refractivity contribution in [3.8, 4) is 5.75 Å². The number of likely N-dealkylation sites (tertiary alicyclic amines) is 1. The van der Waals surface area contributed by atoms with Crippen molar-refractivity contribution < 1.29 is 4.74 Å². The highest BCUT2D eigenvalue weighted by Gasteiger charge is 2.20. The number of nitrogens with zero attached hydrogens (tertiary/aromatic N) is 2. The summed E-state index contributed by atoms with van der Waals surface area (Å²) in [5.41, 5.74) is 2.69. The summed E-state index contributed by atoms with van der Waals surface area (Å²) in [6.45, 7) is 12.8. The molecule has 0 amide bonds. The lowest BCUT2D eigenvalue weighted by atomic mass is 10.0. The molecule has 1 saturated heterocycles. The van der Waals surface area contributed by atoms with Crippen LogP contribution in [0.5, 0.6) is 5.75 Å². The van der Waals surface area contributed by atoms with E-state index < -0.39 is 0 Å². The highest BCUT2D eigenvalue weighted by molar-refractivity contribution is 14.0. The number of nitrogens with one attached hydrogen (secondary N) is 2. The summed E-state index contributed by atoms with van der Waals surface area (Å²) in [5.74, 6) is 2.77. The number of fused-ring (bicyclic) bond motifs is 1. The summed E-state index contributed by atoms with van der Waals surface area (Å²) < 4.78 is 5.59. The molecular formula is C22H37IN4O. The quantitative estimate of drug-likeness (QED) is 0.342. The van der Waals surface area contributed by atoms with E-state index in [0.717, 1.165) is 50.2 Å². The van der Waals surface area contributed by atoms with Gasteiger partial charge in [0.1, 0.15) is 5.75 Å². The van der Waals surface area contributed by atoms with Crippen molar-refractivity contribution >= 4 is 29.9 Å². The highest BCUT2D eigenvalue weighted by Crippen LogP contribution is 2.25. The molecule has 1 fully saturated rings. The zero-order chi connectivity index (χ0) is 19.1.